The molecule has 2 aromatic rings. The number of amides is 2. The van der Waals surface area contributed by atoms with Crippen molar-refractivity contribution in [3.63, 3.8) is 0 Å². The maximum atomic E-state index is 12.0. The largest absolute Gasteiger partial charge is 0.508 e. The molecule has 1 aliphatic rings. The van der Waals surface area contributed by atoms with Crippen LogP contribution in [0.3, 0.4) is 0 Å². The van der Waals surface area contributed by atoms with E-state index in [0.29, 0.717) is 13.0 Å². The van der Waals surface area contributed by atoms with Gasteiger partial charge < -0.3 is 20.8 Å². The second-order valence-electron chi connectivity index (χ2n) is 6.24. The van der Waals surface area contributed by atoms with Crippen LogP contribution < -0.4 is 10.6 Å². The van der Waals surface area contributed by atoms with Crippen molar-refractivity contribution in [1.29, 1.82) is 0 Å². The summed E-state index contributed by atoms with van der Waals surface area (Å²) in [5.74, 6) is 0.196. The van der Waals surface area contributed by atoms with Crippen LogP contribution >= 0.6 is 0 Å². The number of phenols is 1. The zero-order valence-corrected chi connectivity index (χ0v) is 13.5. The van der Waals surface area contributed by atoms with Crippen LogP contribution in [0.15, 0.2) is 48.5 Å². The monoisotopic (exact) mass is 326 g/mol. The number of urea groups is 1. The molecule has 5 nitrogen and oxygen atoms in total. The Balaban J connectivity index is 1.55. The Morgan fingerprint density at radius 3 is 2.62 bits per heavy atom. The summed E-state index contributed by atoms with van der Waals surface area (Å²) < 4.78 is 0. The van der Waals surface area contributed by atoms with Crippen molar-refractivity contribution in [3.8, 4) is 5.75 Å². The third-order valence-electron chi connectivity index (χ3n) is 4.49. The molecule has 0 spiro atoms. The van der Waals surface area contributed by atoms with Crippen LogP contribution in [0.25, 0.3) is 0 Å². The number of fused-ring (bicyclic) bond motifs is 1. The van der Waals surface area contributed by atoms with E-state index >= 15 is 0 Å². The molecule has 2 amide bonds. The van der Waals surface area contributed by atoms with Crippen LogP contribution in [-0.4, -0.2) is 22.8 Å². The molecule has 5 heteroatoms. The van der Waals surface area contributed by atoms with Crippen LogP contribution in [0.1, 0.15) is 29.5 Å². The Bertz CT molecular complexity index is 715. The number of rotatable bonds is 4. The van der Waals surface area contributed by atoms with Crippen molar-refractivity contribution in [2.45, 2.75) is 31.4 Å². The number of hydrogen-bond donors (Lipinski definition) is 4. The van der Waals surface area contributed by atoms with E-state index < -0.39 is 5.60 Å². The van der Waals surface area contributed by atoms with Crippen LogP contribution in [0.2, 0.25) is 0 Å². The molecular weight excluding hydrogens is 304 g/mol. The summed E-state index contributed by atoms with van der Waals surface area (Å²) in [6.45, 7) is 0.548. The van der Waals surface area contributed by atoms with Gasteiger partial charge in [-0.25, -0.2) is 4.79 Å². The third kappa shape index (κ3) is 3.68. The predicted molar refractivity (Wildman–Crippen MR) is 91.6 cm³/mol. The molecule has 0 saturated heterocycles. The summed E-state index contributed by atoms with van der Waals surface area (Å²) in [7, 11) is 0. The lowest BCUT2D eigenvalue weighted by Gasteiger charge is -2.34. The van der Waals surface area contributed by atoms with Gasteiger partial charge in [-0.3, -0.25) is 0 Å². The Morgan fingerprint density at radius 1 is 1.08 bits per heavy atom. The number of phenolic OH excluding ortho intramolecular Hbond substituents is 1. The normalized spacial score (nSPS) is 19.4. The van der Waals surface area contributed by atoms with Crippen LogP contribution in [0, 0.1) is 0 Å². The van der Waals surface area contributed by atoms with E-state index in [1.165, 1.54) is 0 Å². The Labute approximate surface area is 141 Å². The Hall–Kier alpha value is -2.53. The van der Waals surface area contributed by atoms with Crippen molar-refractivity contribution < 1.29 is 15.0 Å². The van der Waals surface area contributed by atoms with Crippen LogP contribution in [-0.2, 0) is 18.6 Å². The van der Waals surface area contributed by atoms with Crippen molar-refractivity contribution in [3.05, 3.63) is 65.2 Å². The highest BCUT2D eigenvalue weighted by Gasteiger charge is 2.34. The Morgan fingerprint density at radius 2 is 1.83 bits per heavy atom. The zero-order valence-electron chi connectivity index (χ0n) is 13.5. The minimum absolute atomic E-state index is 0.186. The lowest BCUT2D eigenvalue weighted by atomic mass is 9.79. The summed E-state index contributed by atoms with van der Waals surface area (Å²) in [5, 5.41) is 25.7. The molecule has 1 unspecified atom stereocenters. The van der Waals surface area contributed by atoms with Gasteiger partial charge in [-0.1, -0.05) is 36.4 Å². The van der Waals surface area contributed by atoms with Crippen molar-refractivity contribution in [2.24, 2.45) is 0 Å². The quantitative estimate of drug-likeness (QED) is 0.696. The van der Waals surface area contributed by atoms with Gasteiger partial charge in [0.15, 0.2) is 0 Å². The van der Waals surface area contributed by atoms with E-state index in [9.17, 15) is 15.0 Å². The molecule has 24 heavy (non-hydrogen) atoms. The third-order valence-corrected chi connectivity index (χ3v) is 4.49. The van der Waals surface area contributed by atoms with Gasteiger partial charge in [0.1, 0.15) is 11.4 Å². The molecule has 1 aliphatic carbocycles. The van der Waals surface area contributed by atoms with E-state index in [0.717, 1.165) is 29.5 Å². The first-order chi connectivity index (χ1) is 11.6. The highest BCUT2D eigenvalue weighted by Crippen LogP contribution is 2.34. The number of benzene rings is 2. The first-order valence-corrected chi connectivity index (χ1v) is 8.17. The molecule has 126 valence electrons. The van der Waals surface area contributed by atoms with E-state index in [1.54, 1.807) is 24.3 Å². The lowest BCUT2D eigenvalue weighted by Crippen LogP contribution is -2.46. The van der Waals surface area contributed by atoms with E-state index in [1.807, 2.05) is 24.3 Å². The first-order valence-electron chi connectivity index (χ1n) is 8.17. The number of nitrogens with one attached hydrogen (secondary N) is 2. The molecule has 0 heterocycles. The molecule has 0 bridgehead atoms. The van der Waals surface area contributed by atoms with Crippen molar-refractivity contribution >= 4 is 6.03 Å². The minimum atomic E-state index is -1.01. The maximum Gasteiger partial charge on any atom is 0.315 e. The fourth-order valence-corrected chi connectivity index (χ4v) is 3.17. The van der Waals surface area contributed by atoms with E-state index in [4.69, 9.17) is 0 Å². The summed E-state index contributed by atoms with van der Waals surface area (Å²) in [6.07, 6.45) is 2.51. The van der Waals surface area contributed by atoms with Gasteiger partial charge in [0.2, 0.25) is 0 Å². The summed E-state index contributed by atoms with van der Waals surface area (Å²) >= 11 is 0. The van der Waals surface area contributed by atoms with Gasteiger partial charge >= 0.3 is 6.03 Å². The first kappa shape index (κ1) is 16.3. The minimum Gasteiger partial charge on any atom is -0.508 e. The highest BCUT2D eigenvalue weighted by molar-refractivity contribution is 5.74. The highest BCUT2D eigenvalue weighted by atomic mass is 16.3. The molecule has 0 saturated carbocycles. The fourth-order valence-electron chi connectivity index (χ4n) is 3.17. The molecule has 4 N–H and O–H groups in total. The van der Waals surface area contributed by atoms with Gasteiger partial charge in [-0.15, -0.1) is 0 Å². The van der Waals surface area contributed by atoms with Crippen molar-refractivity contribution in [1.82, 2.24) is 10.6 Å². The fraction of sp³-hybridized carbons (Fsp3) is 0.316. The second-order valence-corrected chi connectivity index (χ2v) is 6.24. The number of carbonyl (C=O) groups excluding carboxylic acids is 1. The summed E-state index contributed by atoms with van der Waals surface area (Å²) in [6, 6.07) is 14.2. The summed E-state index contributed by atoms with van der Waals surface area (Å²) in [4.78, 5) is 12.0. The molecule has 3 rings (SSSR count). The number of aliphatic hydroxyl groups is 1. The molecule has 1 atom stereocenters. The van der Waals surface area contributed by atoms with Crippen LogP contribution in [0.4, 0.5) is 4.79 Å². The van der Waals surface area contributed by atoms with Gasteiger partial charge in [-0.05, 0) is 48.1 Å². The van der Waals surface area contributed by atoms with Gasteiger partial charge in [0.25, 0.3) is 0 Å². The van der Waals surface area contributed by atoms with Crippen LogP contribution in [0.5, 0.6) is 5.75 Å². The maximum absolute atomic E-state index is 12.0. The molecule has 0 radical (unpaired) electrons. The van der Waals surface area contributed by atoms with Gasteiger partial charge in [0, 0.05) is 6.54 Å². The molecule has 0 fully saturated rings. The lowest BCUT2D eigenvalue weighted by molar-refractivity contribution is 0.0217. The average Bonchev–Trinajstić information content (AvgIpc) is 2.60. The Kier molecular flexibility index (Phi) is 4.71. The number of aromatic hydroxyl groups is 1. The summed E-state index contributed by atoms with van der Waals surface area (Å²) in [5.41, 5.74) is 1.95. The number of carbonyl (C=O) groups is 1. The van der Waals surface area contributed by atoms with Gasteiger partial charge in [0.05, 0.1) is 6.54 Å². The standard InChI is InChI=1S/C19H22N2O3/c22-16-9-7-14(8-10-16)12-20-18(23)21-13-19(24)11-3-5-15-4-1-2-6-17(15)19/h1-2,4,6-10,22,24H,3,5,11-13H2,(H2,20,21,23). The van der Waals surface area contributed by atoms with E-state index in [-0.39, 0.29) is 18.3 Å². The second kappa shape index (κ2) is 6.93. The predicted octanol–water partition coefficient (Wildman–Crippen LogP) is 2.42. The molecule has 0 aromatic heterocycles. The molecule has 0 aliphatic heterocycles. The van der Waals surface area contributed by atoms with E-state index in [2.05, 4.69) is 10.6 Å². The average molecular weight is 326 g/mol. The SMILES string of the molecule is O=C(NCc1ccc(O)cc1)NCC1(O)CCCc2ccccc21. The smallest absolute Gasteiger partial charge is 0.315 e. The zero-order chi connectivity index (χ0) is 17.0. The molecular formula is C19H22N2O3. The molecule has 2 aromatic carbocycles. The number of hydrogen-bond acceptors (Lipinski definition) is 3. The van der Waals surface area contributed by atoms with Gasteiger partial charge in [-0.2, -0.15) is 0 Å². The topological polar surface area (TPSA) is 81.6 Å². The van der Waals surface area contributed by atoms with Crippen molar-refractivity contribution in [2.75, 3.05) is 6.54 Å². The number of aryl methyl sites for hydroxylation is 1.